The van der Waals surface area contributed by atoms with E-state index in [9.17, 15) is 9.18 Å². The van der Waals surface area contributed by atoms with Gasteiger partial charge in [-0.25, -0.2) is 9.37 Å². The topological polar surface area (TPSA) is 53.4 Å². The van der Waals surface area contributed by atoms with Gasteiger partial charge < -0.3 is 14.0 Å². The minimum Gasteiger partial charge on any atom is -0.489 e. The van der Waals surface area contributed by atoms with Crippen LogP contribution in [0.15, 0.2) is 67.0 Å². The van der Waals surface area contributed by atoms with E-state index in [0.717, 1.165) is 17.1 Å². The van der Waals surface area contributed by atoms with Crippen LogP contribution < -0.4 is 9.47 Å². The van der Waals surface area contributed by atoms with Crippen molar-refractivity contribution in [2.24, 2.45) is 5.92 Å². The van der Waals surface area contributed by atoms with Crippen molar-refractivity contribution in [1.82, 2.24) is 9.55 Å². The first-order chi connectivity index (χ1) is 14.1. The maximum Gasteiger partial charge on any atom is 0.314 e. The summed E-state index contributed by atoms with van der Waals surface area (Å²) >= 11 is 0. The molecule has 0 atom stereocenters. The van der Waals surface area contributed by atoms with Crippen molar-refractivity contribution >= 4 is 5.97 Å². The molecule has 1 aliphatic carbocycles. The van der Waals surface area contributed by atoms with Gasteiger partial charge in [0.05, 0.1) is 5.92 Å². The molecule has 0 radical (unpaired) electrons. The van der Waals surface area contributed by atoms with Gasteiger partial charge in [-0.3, -0.25) is 4.79 Å². The van der Waals surface area contributed by atoms with Gasteiger partial charge in [-0.2, -0.15) is 0 Å². The Bertz CT molecular complexity index is 1030. The lowest BCUT2D eigenvalue weighted by atomic mass is 10.1. The minimum absolute atomic E-state index is 0.155. The molecule has 0 amide bonds. The van der Waals surface area contributed by atoms with Gasteiger partial charge in [0.1, 0.15) is 29.7 Å². The molecule has 0 saturated carbocycles. The number of hydrogen-bond donors (Lipinski definition) is 0. The van der Waals surface area contributed by atoms with Gasteiger partial charge in [-0.05, 0) is 37.5 Å². The van der Waals surface area contributed by atoms with E-state index in [1.54, 1.807) is 6.20 Å². The summed E-state index contributed by atoms with van der Waals surface area (Å²) in [5.41, 5.74) is 1.94. The van der Waals surface area contributed by atoms with Crippen molar-refractivity contribution in [2.45, 2.75) is 26.4 Å². The van der Waals surface area contributed by atoms with E-state index in [2.05, 4.69) is 4.98 Å². The van der Waals surface area contributed by atoms with Crippen LogP contribution in [-0.2, 0) is 11.4 Å². The Labute approximate surface area is 168 Å². The third kappa shape index (κ3) is 4.54. The highest BCUT2D eigenvalue weighted by molar-refractivity contribution is 5.76. The molecule has 2 aromatic carbocycles. The lowest BCUT2D eigenvalue weighted by Gasteiger charge is -2.12. The van der Waals surface area contributed by atoms with Gasteiger partial charge in [0.25, 0.3) is 0 Å². The molecular formula is C23H21FN2O3. The standard InChI is InChI=1S/C23H21FN2O3/c1-16-25-10-11-26(16)20-8-6-17(7-9-20)15-28-21-12-19(24)13-22(14-21)29-23(27)18-4-2-3-5-18/h2-3,6-14,18H,4-5,15H2,1H3. The minimum atomic E-state index is -0.513. The number of aryl methyl sites for hydroxylation is 1. The number of aromatic nitrogens is 2. The first kappa shape index (κ1) is 18.9. The zero-order valence-electron chi connectivity index (χ0n) is 16.0. The molecule has 1 aromatic heterocycles. The van der Waals surface area contributed by atoms with Crippen LogP contribution in [0.5, 0.6) is 11.5 Å². The molecular weight excluding hydrogens is 371 g/mol. The number of ether oxygens (including phenoxy) is 2. The van der Waals surface area contributed by atoms with E-state index in [4.69, 9.17) is 9.47 Å². The fraction of sp³-hybridized carbons (Fsp3) is 0.217. The molecule has 4 rings (SSSR count). The van der Waals surface area contributed by atoms with E-state index >= 15 is 0 Å². The Morgan fingerprint density at radius 2 is 1.86 bits per heavy atom. The summed E-state index contributed by atoms with van der Waals surface area (Å²) in [5, 5.41) is 0. The lowest BCUT2D eigenvalue weighted by Crippen LogP contribution is -2.18. The zero-order valence-corrected chi connectivity index (χ0v) is 16.0. The van der Waals surface area contributed by atoms with E-state index in [0.29, 0.717) is 18.6 Å². The van der Waals surface area contributed by atoms with Crippen LogP contribution in [0, 0.1) is 18.7 Å². The molecule has 6 heteroatoms. The molecule has 1 heterocycles. The van der Waals surface area contributed by atoms with Crippen LogP contribution >= 0.6 is 0 Å². The molecule has 0 bridgehead atoms. The van der Waals surface area contributed by atoms with Gasteiger partial charge in [-0.15, -0.1) is 0 Å². The molecule has 0 aliphatic heterocycles. The van der Waals surface area contributed by atoms with Crippen LogP contribution in [0.1, 0.15) is 24.2 Å². The first-order valence-electron chi connectivity index (χ1n) is 9.48. The second kappa shape index (κ2) is 8.31. The number of imidazole rings is 1. The molecule has 0 fully saturated rings. The summed E-state index contributed by atoms with van der Waals surface area (Å²) in [5.74, 6) is 0.317. The van der Waals surface area contributed by atoms with Crippen LogP contribution in [-0.4, -0.2) is 15.5 Å². The Hall–Kier alpha value is -3.41. The number of allylic oxidation sites excluding steroid dienone is 2. The number of halogens is 1. The average molecular weight is 392 g/mol. The Balaban J connectivity index is 1.39. The van der Waals surface area contributed by atoms with Crippen LogP contribution in [0.2, 0.25) is 0 Å². The Morgan fingerprint density at radius 3 is 2.55 bits per heavy atom. The molecule has 5 nitrogen and oxygen atoms in total. The zero-order chi connectivity index (χ0) is 20.2. The highest BCUT2D eigenvalue weighted by Crippen LogP contribution is 2.26. The fourth-order valence-corrected chi connectivity index (χ4v) is 3.26. The van der Waals surface area contributed by atoms with E-state index < -0.39 is 5.82 Å². The number of hydrogen-bond acceptors (Lipinski definition) is 4. The van der Waals surface area contributed by atoms with Gasteiger partial charge >= 0.3 is 5.97 Å². The largest absolute Gasteiger partial charge is 0.489 e. The SMILES string of the molecule is Cc1nccn1-c1ccc(COc2cc(F)cc(OC(=O)C3CC=CC3)c2)cc1. The number of carbonyl (C=O) groups is 1. The summed E-state index contributed by atoms with van der Waals surface area (Å²) in [6, 6.07) is 11.8. The van der Waals surface area contributed by atoms with E-state index in [1.807, 2.05) is 54.1 Å². The van der Waals surface area contributed by atoms with Crippen molar-refractivity contribution in [3.05, 3.63) is 84.2 Å². The quantitative estimate of drug-likeness (QED) is 0.344. The molecule has 0 spiro atoms. The molecule has 0 N–H and O–H groups in total. The summed E-state index contributed by atoms with van der Waals surface area (Å²) in [4.78, 5) is 16.4. The first-order valence-corrected chi connectivity index (χ1v) is 9.48. The number of esters is 1. The van der Waals surface area contributed by atoms with Crippen LogP contribution in [0.4, 0.5) is 4.39 Å². The number of benzene rings is 2. The van der Waals surface area contributed by atoms with Gasteiger partial charge in [-0.1, -0.05) is 24.3 Å². The fourth-order valence-electron chi connectivity index (χ4n) is 3.26. The van der Waals surface area contributed by atoms with Gasteiger partial charge in [0.2, 0.25) is 0 Å². The maximum absolute atomic E-state index is 13.9. The van der Waals surface area contributed by atoms with E-state index in [1.165, 1.54) is 18.2 Å². The summed E-state index contributed by atoms with van der Waals surface area (Å²) in [6.45, 7) is 2.21. The molecule has 29 heavy (non-hydrogen) atoms. The Kier molecular flexibility index (Phi) is 5.42. The smallest absolute Gasteiger partial charge is 0.314 e. The van der Waals surface area contributed by atoms with Crippen molar-refractivity contribution in [2.75, 3.05) is 0 Å². The second-order valence-electron chi connectivity index (χ2n) is 6.98. The second-order valence-corrected chi connectivity index (χ2v) is 6.98. The van der Waals surface area contributed by atoms with Crippen molar-refractivity contribution < 1.29 is 18.7 Å². The summed E-state index contributed by atoms with van der Waals surface area (Å²) in [7, 11) is 0. The predicted octanol–water partition coefficient (Wildman–Crippen LogP) is 4.77. The monoisotopic (exact) mass is 392 g/mol. The van der Waals surface area contributed by atoms with Crippen molar-refractivity contribution in [3.63, 3.8) is 0 Å². The van der Waals surface area contributed by atoms with E-state index in [-0.39, 0.29) is 24.2 Å². The summed E-state index contributed by atoms with van der Waals surface area (Å²) < 4.78 is 27.0. The average Bonchev–Trinajstić information content (AvgIpc) is 3.38. The van der Waals surface area contributed by atoms with Crippen LogP contribution in [0.25, 0.3) is 5.69 Å². The van der Waals surface area contributed by atoms with Gasteiger partial charge in [0.15, 0.2) is 0 Å². The highest BCUT2D eigenvalue weighted by Gasteiger charge is 2.21. The van der Waals surface area contributed by atoms with Crippen molar-refractivity contribution in [1.29, 1.82) is 0 Å². The van der Waals surface area contributed by atoms with Gasteiger partial charge in [0, 0.05) is 36.3 Å². The third-order valence-corrected chi connectivity index (χ3v) is 4.85. The number of rotatable bonds is 6. The lowest BCUT2D eigenvalue weighted by molar-refractivity contribution is -0.138. The number of nitrogens with zero attached hydrogens (tertiary/aromatic N) is 2. The molecule has 148 valence electrons. The Morgan fingerprint density at radius 1 is 1.14 bits per heavy atom. The van der Waals surface area contributed by atoms with Crippen molar-refractivity contribution in [3.8, 4) is 17.2 Å². The summed E-state index contributed by atoms with van der Waals surface area (Å²) in [6.07, 6.45) is 8.87. The molecule has 3 aromatic rings. The molecule has 1 aliphatic rings. The molecule has 0 unspecified atom stereocenters. The number of carbonyl (C=O) groups excluding carboxylic acids is 1. The maximum atomic E-state index is 13.9. The highest BCUT2D eigenvalue weighted by atomic mass is 19.1. The molecule has 0 saturated heterocycles. The normalized spacial score (nSPS) is 13.6. The third-order valence-electron chi connectivity index (χ3n) is 4.85. The predicted molar refractivity (Wildman–Crippen MR) is 107 cm³/mol. The van der Waals surface area contributed by atoms with Crippen LogP contribution in [0.3, 0.4) is 0 Å².